The second-order valence-electron chi connectivity index (χ2n) is 8.61. The fraction of sp³-hybridized carbons (Fsp3) is 0.207. The Hall–Kier alpha value is -5.19. The van der Waals surface area contributed by atoms with E-state index in [0.29, 0.717) is 11.1 Å². The van der Waals surface area contributed by atoms with Gasteiger partial charge in [-0.1, -0.05) is 36.4 Å². The normalized spacial score (nSPS) is 11.6. The molecule has 208 valence electrons. The first-order valence-electron chi connectivity index (χ1n) is 11.9. The molecule has 1 atom stereocenters. The van der Waals surface area contributed by atoms with Crippen molar-refractivity contribution in [3.63, 3.8) is 0 Å². The number of esters is 2. The lowest BCUT2D eigenvalue weighted by molar-refractivity contribution is -0.143. The number of ether oxygens (including phenoxy) is 4. The van der Waals surface area contributed by atoms with Crippen LogP contribution in [0.15, 0.2) is 63.8 Å². The standard InChI is InChI=1S/C29H26O11/c1-36-21-11-16(9-10-19(21)39-14-23(32)38-3)17(12-22(31)37-2)24-26(33)28(35)27(34)25-18(30)13-20(40-29(24)25)15-7-5-4-6-8-15/h4-11,13,17,33-35H,12,14H2,1-3H3. The van der Waals surface area contributed by atoms with E-state index in [1.165, 1.54) is 39.5 Å². The average Bonchev–Trinajstić information content (AvgIpc) is 2.98. The van der Waals surface area contributed by atoms with E-state index >= 15 is 0 Å². The Morgan fingerprint density at radius 2 is 1.55 bits per heavy atom. The molecule has 4 rings (SSSR count). The second-order valence-corrected chi connectivity index (χ2v) is 8.61. The smallest absolute Gasteiger partial charge is 0.343 e. The third-order valence-corrected chi connectivity index (χ3v) is 6.30. The van der Waals surface area contributed by atoms with Gasteiger partial charge in [0.2, 0.25) is 5.75 Å². The first kappa shape index (κ1) is 27.8. The summed E-state index contributed by atoms with van der Waals surface area (Å²) in [6.07, 6.45) is -0.367. The van der Waals surface area contributed by atoms with E-state index in [9.17, 15) is 29.7 Å². The molecule has 11 nitrogen and oxygen atoms in total. The topological polar surface area (TPSA) is 162 Å². The molecule has 0 saturated heterocycles. The summed E-state index contributed by atoms with van der Waals surface area (Å²) in [5.41, 5.74) is -0.163. The first-order valence-corrected chi connectivity index (χ1v) is 11.9. The summed E-state index contributed by atoms with van der Waals surface area (Å²) in [6.45, 7) is -0.386. The fourth-order valence-electron chi connectivity index (χ4n) is 4.29. The number of fused-ring (bicyclic) bond motifs is 1. The van der Waals surface area contributed by atoms with E-state index in [4.69, 9.17) is 18.6 Å². The summed E-state index contributed by atoms with van der Waals surface area (Å²) in [5, 5.41) is 31.9. The van der Waals surface area contributed by atoms with Gasteiger partial charge in [0, 0.05) is 23.1 Å². The van der Waals surface area contributed by atoms with E-state index in [-0.39, 0.29) is 46.8 Å². The van der Waals surface area contributed by atoms with Gasteiger partial charge in [-0.3, -0.25) is 9.59 Å². The number of methoxy groups -OCH3 is 3. The molecule has 3 aromatic carbocycles. The minimum Gasteiger partial charge on any atom is -0.504 e. The van der Waals surface area contributed by atoms with Crippen LogP contribution in [0.3, 0.4) is 0 Å². The SMILES string of the molecule is COC(=O)COc1ccc(C(CC(=O)OC)c2c(O)c(O)c(O)c3c(=O)cc(-c4ccccc4)oc23)cc1OC. The first-order chi connectivity index (χ1) is 19.2. The maximum absolute atomic E-state index is 13.2. The van der Waals surface area contributed by atoms with Crippen molar-refractivity contribution in [2.75, 3.05) is 27.9 Å². The van der Waals surface area contributed by atoms with Crippen molar-refractivity contribution in [1.29, 1.82) is 0 Å². The Balaban J connectivity index is 1.98. The third-order valence-electron chi connectivity index (χ3n) is 6.30. The number of rotatable bonds is 9. The lowest BCUT2D eigenvalue weighted by atomic mass is 9.86. The van der Waals surface area contributed by atoms with Crippen LogP contribution in [-0.4, -0.2) is 55.2 Å². The Kier molecular flexibility index (Phi) is 8.13. The molecular weight excluding hydrogens is 524 g/mol. The number of carbonyl (C=O) groups is 2. The number of carbonyl (C=O) groups excluding carboxylic acids is 2. The van der Waals surface area contributed by atoms with Gasteiger partial charge in [0.15, 0.2) is 35.0 Å². The van der Waals surface area contributed by atoms with E-state index in [2.05, 4.69) is 4.74 Å². The summed E-state index contributed by atoms with van der Waals surface area (Å²) in [7, 11) is 3.77. The lowest BCUT2D eigenvalue weighted by Gasteiger charge is -2.22. The Morgan fingerprint density at radius 3 is 2.20 bits per heavy atom. The van der Waals surface area contributed by atoms with Gasteiger partial charge in [0.1, 0.15) is 16.7 Å². The molecule has 1 heterocycles. The van der Waals surface area contributed by atoms with Crippen molar-refractivity contribution in [3.8, 4) is 40.1 Å². The molecule has 0 aliphatic rings. The number of aromatic hydroxyl groups is 3. The molecule has 0 aliphatic heterocycles. The van der Waals surface area contributed by atoms with Gasteiger partial charge in [0.05, 0.1) is 27.8 Å². The number of phenolic OH excluding ortho intramolecular Hbond substituents is 3. The molecule has 0 aliphatic carbocycles. The van der Waals surface area contributed by atoms with Crippen LogP contribution in [0.5, 0.6) is 28.7 Å². The minimum atomic E-state index is -1.07. The zero-order valence-corrected chi connectivity index (χ0v) is 21.8. The molecular formula is C29H26O11. The Bertz CT molecular complexity index is 1620. The zero-order chi connectivity index (χ0) is 29.0. The van der Waals surface area contributed by atoms with Crippen LogP contribution in [0.25, 0.3) is 22.3 Å². The summed E-state index contributed by atoms with van der Waals surface area (Å²) >= 11 is 0. The van der Waals surface area contributed by atoms with Crippen molar-refractivity contribution >= 4 is 22.9 Å². The molecule has 11 heteroatoms. The number of phenols is 3. The highest BCUT2D eigenvalue weighted by atomic mass is 16.6. The zero-order valence-electron chi connectivity index (χ0n) is 21.8. The van der Waals surface area contributed by atoms with Crippen molar-refractivity contribution < 1.29 is 48.3 Å². The van der Waals surface area contributed by atoms with Gasteiger partial charge >= 0.3 is 11.9 Å². The monoisotopic (exact) mass is 550 g/mol. The summed E-state index contributed by atoms with van der Waals surface area (Å²) < 4.78 is 26.4. The van der Waals surface area contributed by atoms with Crippen LogP contribution in [-0.2, 0) is 19.1 Å². The molecule has 0 bridgehead atoms. The number of benzene rings is 3. The minimum absolute atomic E-state index is 0.129. The predicted molar refractivity (Wildman–Crippen MR) is 142 cm³/mol. The molecule has 40 heavy (non-hydrogen) atoms. The molecule has 1 unspecified atom stereocenters. The van der Waals surface area contributed by atoms with Gasteiger partial charge in [-0.25, -0.2) is 4.79 Å². The molecule has 0 radical (unpaired) electrons. The van der Waals surface area contributed by atoms with Crippen molar-refractivity contribution in [3.05, 3.63) is 75.9 Å². The molecule has 3 N–H and O–H groups in total. The highest BCUT2D eigenvalue weighted by Gasteiger charge is 2.32. The third kappa shape index (κ3) is 5.35. The van der Waals surface area contributed by atoms with Crippen molar-refractivity contribution in [1.82, 2.24) is 0 Å². The van der Waals surface area contributed by atoms with Crippen LogP contribution < -0.4 is 14.9 Å². The second kappa shape index (κ2) is 11.7. The van der Waals surface area contributed by atoms with Crippen molar-refractivity contribution in [2.24, 2.45) is 0 Å². The molecule has 4 aromatic rings. The summed E-state index contributed by atoms with van der Waals surface area (Å²) in [5.74, 6) is -4.50. The number of hydrogen-bond acceptors (Lipinski definition) is 11. The van der Waals surface area contributed by atoms with Gasteiger partial charge in [-0.05, 0) is 17.7 Å². The number of hydrogen-bond donors (Lipinski definition) is 3. The average molecular weight is 551 g/mol. The van der Waals surface area contributed by atoms with Gasteiger partial charge in [-0.15, -0.1) is 0 Å². The van der Waals surface area contributed by atoms with E-state index in [1.54, 1.807) is 30.3 Å². The maximum atomic E-state index is 13.2. The van der Waals surface area contributed by atoms with Gasteiger partial charge in [0.25, 0.3) is 0 Å². The lowest BCUT2D eigenvalue weighted by Crippen LogP contribution is -2.14. The fourth-order valence-corrected chi connectivity index (χ4v) is 4.29. The Labute approximate surface area is 227 Å². The van der Waals surface area contributed by atoms with E-state index < -0.39 is 40.5 Å². The Morgan fingerprint density at radius 1 is 0.850 bits per heavy atom. The predicted octanol–water partition coefficient (Wildman–Crippen LogP) is 3.83. The van der Waals surface area contributed by atoms with Gasteiger partial charge < -0.3 is 38.7 Å². The van der Waals surface area contributed by atoms with Gasteiger partial charge in [-0.2, -0.15) is 0 Å². The van der Waals surface area contributed by atoms with Crippen LogP contribution in [0.1, 0.15) is 23.5 Å². The molecule has 0 amide bonds. The largest absolute Gasteiger partial charge is 0.504 e. The van der Waals surface area contributed by atoms with Crippen LogP contribution in [0.4, 0.5) is 0 Å². The maximum Gasteiger partial charge on any atom is 0.343 e. The molecule has 0 saturated carbocycles. The van der Waals surface area contributed by atoms with Crippen LogP contribution in [0.2, 0.25) is 0 Å². The quantitative estimate of drug-likeness (QED) is 0.205. The molecule has 1 aromatic heterocycles. The van der Waals surface area contributed by atoms with Crippen LogP contribution in [0, 0.1) is 0 Å². The van der Waals surface area contributed by atoms with Crippen LogP contribution >= 0.6 is 0 Å². The summed E-state index contributed by atoms with van der Waals surface area (Å²) in [6, 6.07) is 14.3. The summed E-state index contributed by atoms with van der Waals surface area (Å²) in [4.78, 5) is 37.2. The highest BCUT2D eigenvalue weighted by Crippen LogP contribution is 2.50. The van der Waals surface area contributed by atoms with E-state index in [1.807, 2.05) is 0 Å². The van der Waals surface area contributed by atoms with E-state index in [0.717, 1.165) is 6.07 Å². The molecule has 0 spiro atoms. The van der Waals surface area contributed by atoms with Crippen molar-refractivity contribution in [2.45, 2.75) is 12.3 Å². The highest BCUT2D eigenvalue weighted by molar-refractivity contribution is 5.93. The molecule has 0 fully saturated rings.